The summed E-state index contributed by atoms with van der Waals surface area (Å²) in [5.74, 6) is 1.33. The first-order valence-electron chi connectivity index (χ1n) is 7.24. The lowest BCUT2D eigenvalue weighted by Gasteiger charge is -2.07. The Morgan fingerprint density at radius 2 is 1.96 bits per heavy atom. The van der Waals surface area contributed by atoms with E-state index in [0.29, 0.717) is 33.3 Å². The van der Waals surface area contributed by atoms with Crippen LogP contribution in [0.25, 0.3) is 10.8 Å². The second-order valence-electron chi connectivity index (χ2n) is 5.42. The smallest absolute Gasteiger partial charge is 0.271 e. The molecule has 1 aliphatic carbocycles. The summed E-state index contributed by atoms with van der Waals surface area (Å²) in [4.78, 5) is 0.619. The van der Waals surface area contributed by atoms with Crippen LogP contribution >= 0.6 is 22.9 Å². The molecule has 0 bridgehead atoms. The highest BCUT2D eigenvalue weighted by Gasteiger charge is 2.30. The average Bonchev–Trinajstić information content (AvgIpc) is 3.09. The van der Waals surface area contributed by atoms with E-state index in [9.17, 15) is 8.42 Å². The molecule has 1 saturated carbocycles. The molecule has 6 nitrogen and oxygen atoms in total. The van der Waals surface area contributed by atoms with Crippen LogP contribution < -0.4 is 4.72 Å². The number of hydrogen-bond acceptors (Lipinski definition) is 6. The Labute approximate surface area is 147 Å². The van der Waals surface area contributed by atoms with Crippen LogP contribution in [0.3, 0.4) is 0 Å². The number of hydrogen-bond donors (Lipinski definition) is 1. The highest BCUT2D eigenvalue weighted by Crippen LogP contribution is 2.40. The summed E-state index contributed by atoms with van der Waals surface area (Å²) < 4.78 is 33.2. The summed E-state index contributed by atoms with van der Waals surface area (Å²) in [6.07, 6.45) is 2.13. The molecule has 0 unspecified atom stereocenters. The lowest BCUT2D eigenvalue weighted by molar-refractivity contribution is 0.509. The van der Waals surface area contributed by atoms with E-state index in [-0.39, 0.29) is 4.21 Å². The number of aromatic nitrogens is 2. The van der Waals surface area contributed by atoms with Crippen LogP contribution in [-0.4, -0.2) is 18.6 Å². The molecule has 1 fully saturated rings. The molecule has 4 rings (SSSR count). The largest absolute Gasteiger partial charge is 0.420 e. The number of rotatable bonds is 5. The summed E-state index contributed by atoms with van der Waals surface area (Å²) in [5.41, 5.74) is 0.336. The monoisotopic (exact) mass is 381 g/mol. The zero-order chi connectivity index (χ0) is 16.7. The topological polar surface area (TPSA) is 85.1 Å². The van der Waals surface area contributed by atoms with Crippen molar-refractivity contribution in [2.45, 2.75) is 23.0 Å². The van der Waals surface area contributed by atoms with Crippen LogP contribution in [0.5, 0.6) is 0 Å². The molecule has 0 amide bonds. The van der Waals surface area contributed by atoms with Crippen molar-refractivity contribution < 1.29 is 12.8 Å². The fourth-order valence-electron chi connectivity index (χ4n) is 2.15. The van der Waals surface area contributed by atoms with Crippen molar-refractivity contribution in [3.63, 3.8) is 0 Å². The number of nitrogens with one attached hydrogen (secondary N) is 1. The van der Waals surface area contributed by atoms with Gasteiger partial charge < -0.3 is 4.42 Å². The Morgan fingerprint density at radius 1 is 1.17 bits per heavy atom. The van der Waals surface area contributed by atoms with Crippen molar-refractivity contribution >= 4 is 38.6 Å². The summed E-state index contributed by atoms with van der Waals surface area (Å²) in [6.45, 7) is 0. The molecule has 124 valence electrons. The molecule has 2 aromatic heterocycles. The van der Waals surface area contributed by atoms with Gasteiger partial charge in [-0.1, -0.05) is 23.7 Å². The van der Waals surface area contributed by atoms with Crippen molar-refractivity contribution in [3.8, 4) is 10.8 Å². The Kier molecular flexibility index (Phi) is 3.82. The highest BCUT2D eigenvalue weighted by molar-refractivity contribution is 7.94. The van der Waals surface area contributed by atoms with Gasteiger partial charge in [0.2, 0.25) is 5.89 Å². The van der Waals surface area contributed by atoms with Crippen LogP contribution in [0.1, 0.15) is 24.7 Å². The van der Waals surface area contributed by atoms with Crippen LogP contribution in [0.4, 0.5) is 5.69 Å². The predicted molar refractivity (Wildman–Crippen MR) is 91.8 cm³/mol. The van der Waals surface area contributed by atoms with Gasteiger partial charge in [-0.25, -0.2) is 8.42 Å². The minimum atomic E-state index is -3.73. The lowest BCUT2D eigenvalue weighted by atomic mass is 10.3. The van der Waals surface area contributed by atoms with Crippen LogP contribution in [0.2, 0.25) is 5.02 Å². The summed E-state index contributed by atoms with van der Waals surface area (Å²) in [5, 5.41) is 8.35. The molecule has 24 heavy (non-hydrogen) atoms. The summed E-state index contributed by atoms with van der Waals surface area (Å²) >= 11 is 7.07. The van der Waals surface area contributed by atoms with Gasteiger partial charge in [-0.2, -0.15) is 0 Å². The van der Waals surface area contributed by atoms with Gasteiger partial charge in [0.15, 0.2) is 0 Å². The number of para-hydroxylation sites is 1. The molecule has 0 atom stereocenters. The molecule has 2 heterocycles. The minimum Gasteiger partial charge on any atom is -0.420 e. The fourth-order valence-corrected chi connectivity index (χ4v) is 4.69. The van der Waals surface area contributed by atoms with E-state index in [4.69, 9.17) is 16.0 Å². The SMILES string of the molecule is O=S(=O)(Nc1ccccc1Cl)c1ccc(-c2nnc(C3CC3)o2)s1. The maximum Gasteiger partial charge on any atom is 0.271 e. The van der Waals surface area contributed by atoms with Crippen molar-refractivity contribution in [1.82, 2.24) is 10.2 Å². The van der Waals surface area contributed by atoms with Gasteiger partial charge in [0.05, 0.1) is 15.6 Å². The molecule has 0 radical (unpaired) electrons. The summed E-state index contributed by atoms with van der Waals surface area (Å²) in [6, 6.07) is 9.85. The number of sulfonamides is 1. The molecule has 1 aromatic carbocycles. The van der Waals surface area contributed by atoms with E-state index >= 15 is 0 Å². The van der Waals surface area contributed by atoms with Crippen molar-refractivity contribution in [1.29, 1.82) is 0 Å². The number of anilines is 1. The first kappa shape index (κ1) is 15.6. The molecular formula is C15H12ClN3O3S2. The lowest BCUT2D eigenvalue weighted by Crippen LogP contribution is -2.11. The van der Waals surface area contributed by atoms with Gasteiger partial charge in [-0.3, -0.25) is 4.72 Å². The third-order valence-corrected chi connectivity index (χ3v) is 6.80. The minimum absolute atomic E-state index is 0.156. The number of nitrogens with zero attached hydrogens (tertiary/aromatic N) is 2. The third kappa shape index (κ3) is 3.04. The fraction of sp³-hybridized carbons (Fsp3) is 0.200. The molecule has 1 N–H and O–H groups in total. The molecule has 0 saturated heterocycles. The Bertz CT molecular complexity index is 993. The maximum absolute atomic E-state index is 12.5. The van der Waals surface area contributed by atoms with Crippen molar-refractivity contribution in [3.05, 3.63) is 47.3 Å². The van der Waals surface area contributed by atoms with E-state index in [0.717, 1.165) is 24.2 Å². The first-order chi connectivity index (χ1) is 11.5. The summed E-state index contributed by atoms with van der Waals surface area (Å²) in [7, 11) is -3.73. The Hall–Kier alpha value is -1.90. The highest BCUT2D eigenvalue weighted by atomic mass is 35.5. The first-order valence-corrected chi connectivity index (χ1v) is 9.92. The molecular weight excluding hydrogens is 370 g/mol. The van der Waals surface area contributed by atoms with E-state index in [1.165, 1.54) is 6.07 Å². The van der Waals surface area contributed by atoms with Crippen LogP contribution in [0, 0.1) is 0 Å². The van der Waals surface area contributed by atoms with E-state index in [1.807, 2.05) is 0 Å². The van der Waals surface area contributed by atoms with Gasteiger partial charge in [0, 0.05) is 5.92 Å². The van der Waals surface area contributed by atoms with Gasteiger partial charge in [-0.15, -0.1) is 21.5 Å². The maximum atomic E-state index is 12.5. The van der Waals surface area contributed by atoms with Gasteiger partial charge in [0.1, 0.15) is 4.21 Å². The molecule has 0 spiro atoms. The molecule has 9 heteroatoms. The molecule has 3 aromatic rings. The molecule has 0 aliphatic heterocycles. The van der Waals surface area contributed by atoms with Crippen LogP contribution in [0.15, 0.2) is 45.0 Å². The zero-order valence-corrected chi connectivity index (χ0v) is 14.7. The van der Waals surface area contributed by atoms with Gasteiger partial charge >= 0.3 is 0 Å². The second kappa shape index (κ2) is 5.87. The Morgan fingerprint density at radius 3 is 2.71 bits per heavy atom. The quantitative estimate of drug-likeness (QED) is 0.718. The average molecular weight is 382 g/mol. The number of benzene rings is 1. The third-order valence-electron chi connectivity index (χ3n) is 3.54. The van der Waals surface area contributed by atoms with E-state index < -0.39 is 10.0 Å². The normalized spacial score (nSPS) is 14.7. The van der Waals surface area contributed by atoms with Gasteiger partial charge in [-0.05, 0) is 37.1 Å². The van der Waals surface area contributed by atoms with E-state index in [1.54, 1.807) is 30.3 Å². The zero-order valence-electron chi connectivity index (χ0n) is 12.3. The standard InChI is InChI=1S/C15H12ClN3O3S2/c16-10-3-1-2-4-11(10)19-24(20,21)13-8-7-12(23-13)15-18-17-14(22-15)9-5-6-9/h1-4,7-9,19H,5-6H2. The van der Waals surface area contributed by atoms with Gasteiger partial charge in [0.25, 0.3) is 15.9 Å². The van der Waals surface area contributed by atoms with E-state index in [2.05, 4.69) is 14.9 Å². The Balaban J connectivity index is 1.59. The number of thiophene rings is 1. The van der Waals surface area contributed by atoms with Crippen molar-refractivity contribution in [2.75, 3.05) is 4.72 Å². The molecule has 1 aliphatic rings. The predicted octanol–water partition coefficient (Wildman–Crippen LogP) is 4.13. The number of halogens is 1. The second-order valence-corrected chi connectivity index (χ2v) is 8.82. The van der Waals surface area contributed by atoms with Crippen LogP contribution in [-0.2, 0) is 10.0 Å². The van der Waals surface area contributed by atoms with Crippen molar-refractivity contribution in [2.24, 2.45) is 0 Å².